The van der Waals surface area contributed by atoms with E-state index in [0.29, 0.717) is 34.5 Å². The third-order valence-corrected chi connectivity index (χ3v) is 7.15. The maximum atomic E-state index is 13.6. The molecule has 0 radical (unpaired) electrons. The minimum absolute atomic E-state index is 0.329. The van der Waals surface area contributed by atoms with Gasteiger partial charge in [0, 0.05) is 49.7 Å². The second kappa shape index (κ2) is 8.26. The first-order valence-electron chi connectivity index (χ1n) is 10.5. The van der Waals surface area contributed by atoms with Gasteiger partial charge in [0.1, 0.15) is 10.7 Å². The zero-order chi connectivity index (χ0) is 21.4. The van der Waals surface area contributed by atoms with E-state index in [2.05, 4.69) is 46.3 Å². The maximum Gasteiger partial charge on any atom is 0.227 e. The Morgan fingerprint density at radius 3 is 2.55 bits per heavy atom. The van der Waals surface area contributed by atoms with Crippen molar-refractivity contribution >= 4 is 33.9 Å². The van der Waals surface area contributed by atoms with E-state index in [1.807, 2.05) is 0 Å². The Kier molecular flexibility index (Phi) is 5.31. The predicted molar refractivity (Wildman–Crippen MR) is 122 cm³/mol. The fourth-order valence-electron chi connectivity index (χ4n) is 4.10. The zero-order valence-electron chi connectivity index (χ0n) is 17.3. The summed E-state index contributed by atoms with van der Waals surface area (Å²) in [4.78, 5) is 14.7. The molecule has 1 unspecified atom stereocenters. The molecule has 0 spiro atoms. The van der Waals surface area contributed by atoms with Gasteiger partial charge < -0.3 is 15.1 Å². The highest BCUT2D eigenvalue weighted by Crippen LogP contribution is 2.32. The minimum Gasteiger partial charge on any atom is -0.368 e. The van der Waals surface area contributed by atoms with Gasteiger partial charge in [-0.25, -0.2) is 9.37 Å². The summed E-state index contributed by atoms with van der Waals surface area (Å²) in [5.74, 6) is 1.37. The average molecular weight is 438 g/mol. The summed E-state index contributed by atoms with van der Waals surface area (Å²) in [6.45, 7) is 5.46. The summed E-state index contributed by atoms with van der Waals surface area (Å²) in [5, 5.41) is 3.17. The number of piperazine rings is 1. The molecule has 5 rings (SSSR count). The van der Waals surface area contributed by atoms with Gasteiger partial charge in [-0.05, 0) is 42.8 Å². The number of rotatable bonds is 4. The monoisotopic (exact) mass is 437 g/mol. The van der Waals surface area contributed by atoms with Crippen LogP contribution in [0.4, 0.5) is 27.5 Å². The van der Waals surface area contributed by atoms with Crippen molar-refractivity contribution in [1.29, 1.82) is 0 Å². The van der Waals surface area contributed by atoms with Crippen LogP contribution in [0.2, 0.25) is 0 Å². The highest BCUT2D eigenvalue weighted by Gasteiger charge is 2.28. The molecule has 1 aromatic heterocycles. The number of nitrogens with one attached hydrogen (secondary N) is 1. The van der Waals surface area contributed by atoms with Crippen LogP contribution < -0.4 is 15.1 Å². The van der Waals surface area contributed by atoms with Crippen LogP contribution in [0.15, 0.2) is 53.4 Å². The molecule has 0 bridgehead atoms. The number of hydrogen-bond acceptors (Lipinski definition) is 6. The third-order valence-electron chi connectivity index (χ3n) is 5.69. The topological polar surface area (TPSA) is 61.4 Å². The molecule has 3 heterocycles. The van der Waals surface area contributed by atoms with E-state index in [-0.39, 0.29) is 5.82 Å². The van der Waals surface area contributed by atoms with Gasteiger partial charge in [0.25, 0.3) is 0 Å². The Morgan fingerprint density at radius 1 is 1.00 bits per heavy atom. The number of aryl methyl sites for hydroxylation is 2. The van der Waals surface area contributed by atoms with Crippen molar-refractivity contribution in [3.05, 3.63) is 65.6 Å². The maximum absolute atomic E-state index is 13.6. The number of hydrogen-bond donors (Lipinski definition) is 1. The molecule has 1 atom stereocenters. The van der Waals surface area contributed by atoms with Gasteiger partial charge in [-0.2, -0.15) is 4.98 Å². The summed E-state index contributed by atoms with van der Waals surface area (Å²) in [7, 11) is -1.14. The molecule has 31 heavy (non-hydrogen) atoms. The van der Waals surface area contributed by atoms with Gasteiger partial charge in [0.05, 0.1) is 16.5 Å². The van der Waals surface area contributed by atoms with Crippen LogP contribution in [-0.2, 0) is 17.2 Å². The molecular weight excluding hydrogens is 413 g/mol. The molecule has 0 saturated carbocycles. The lowest BCUT2D eigenvalue weighted by Crippen LogP contribution is -2.47. The summed E-state index contributed by atoms with van der Waals surface area (Å²) in [6, 6.07) is 14.8. The highest BCUT2D eigenvalue weighted by molar-refractivity contribution is 7.85. The second-order valence-electron chi connectivity index (χ2n) is 7.90. The molecule has 0 amide bonds. The lowest BCUT2D eigenvalue weighted by Gasteiger charge is -2.36. The van der Waals surface area contributed by atoms with Crippen LogP contribution in [0.1, 0.15) is 11.3 Å². The van der Waals surface area contributed by atoms with Crippen LogP contribution in [-0.4, -0.2) is 46.1 Å². The Morgan fingerprint density at radius 2 is 1.77 bits per heavy atom. The van der Waals surface area contributed by atoms with Gasteiger partial charge in [-0.3, -0.25) is 4.21 Å². The summed E-state index contributed by atoms with van der Waals surface area (Å²) >= 11 is 0. The van der Waals surface area contributed by atoms with E-state index < -0.39 is 10.8 Å². The Hall–Kier alpha value is -3.00. The van der Waals surface area contributed by atoms with Crippen molar-refractivity contribution in [2.24, 2.45) is 0 Å². The quantitative estimate of drug-likeness (QED) is 0.672. The van der Waals surface area contributed by atoms with Crippen molar-refractivity contribution in [2.75, 3.05) is 47.0 Å². The van der Waals surface area contributed by atoms with E-state index >= 15 is 0 Å². The van der Waals surface area contributed by atoms with E-state index in [0.717, 1.165) is 31.9 Å². The molecule has 2 aromatic carbocycles. The van der Waals surface area contributed by atoms with Crippen LogP contribution in [0.3, 0.4) is 0 Å². The van der Waals surface area contributed by atoms with Crippen LogP contribution in [0.5, 0.6) is 0 Å². The Bertz CT molecular complexity index is 1150. The molecule has 2 aliphatic heterocycles. The number of anilines is 4. The van der Waals surface area contributed by atoms with E-state index in [9.17, 15) is 8.60 Å². The molecule has 6 nitrogen and oxygen atoms in total. The van der Waals surface area contributed by atoms with Gasteiger partial charge >= 0.3 is 0 Å². The SMILES string of the molecule is Cc1cccc(N2CCN(c3nc4c(c(Nc5cccc(F)c5)n3)S(=O)CC4)CC2)c1. The molecule has 1 saturated heterocycles. The van der Waals surface area contributed by atoms with E-state index in [4.69, 9.17) is 9.97 Å². The van der Waals surface area contributed by atoms with Gasteiger partial charge in [-0.1, -0.05) is 18.2 Å². The molecule has 0 aliphatic carbocycles. The van der Waals surface area contributed by atoms with Crippen molar-refractivity contribution in [2.45, 2.75) is 18.2 Å². The fourth-order valence-corrected chi connectivity index (χ4v) is 5.41. The van der Waals surface area contributed by atoms with Crippen LogP contribution in [0.25, 0.3) is 0 Å². The second-order valence-corrected chi connectivity index (χ2v) is 9.40. The molecule has 1 fully saturated rings. The standard InChI is InChI=1S/C23H24FN5OS/c1-16-4-2-7-19(14-16)28-9-11-29(12-10-28)23-26-20-8-13-31(30)21(20)22(27-23)25-18-6-3-5-17(24)15-18/h2-7,14-15H,8-13H2,1H3,(H,25,26,27). The average Bonchev–Trinajstić information content (AvgIpc) is 3.15. The molecule has 8 heteroatoms. The molecule has 2 aliphatic rings. The van der Waals surface area contributed by atoms with Crippen molar-refractivity contribution in [3.8, 4) is 0 Å². The first-order valence-corrected chi connectivity index (χ1v) is 11.8. The van der Waals surface area contributed by atoms with Gasteiger partial charge in [0.15, 0.2) is 5.82 Å². The number of fused-ring (bicyclic) bond motifs is 1. The number of halogens is 1. The van der Waals surface area contributed by atoms with Gasteiger partial charge in [-0.15, -0.1) is 0 Å². The normalized spacial score (nSPS) is 18.2. The van der Waals surface area contributed by atoms with Crippen molar-refractivity contribution in [1.82, 2.24) is 9.97 Å². The van der Waals surface area contributed by atoms with E-state index in [1.54, 1.807) is 12.1 Å². The first kappa shape index (κ1) is 19.9. The number of aromatic nitrogens is 2. The minimum atomic E-state index is -1.14. The predicted octanol–water partition coefficient (Wildman–Crippen LogP) is 3.66. The van der Waals surface area contributed by atoms with Crippen LogP contribution in [0, 0.1) is 12.7 Å². The molecular formula is C23H24FN5OS. The number of benzene rings is 2. The summed E-state index contributed by atoms with van der Waals surface area (Å²) in [6.07, 6.45) is 0.665. The van der Waals surface area contributed by atoms with Crippen molar-refractivity contribution in [3.63, 3.8) is 0 Å². The van der Waals surface area contributed by atoms with Gasteiger partial charge in [0.2, 0.25) is 5.95 Å². The lowest BCUT2D eigenvalue weighted by molar-refractivity contribution is 0.628. The first-order chi connectivity index (χ1) is 15.1. The molecule has 160 valence electrons. The third kappa shape index (κ3) is 4.12. The van der Waals surface area contributed by atoms with Crippen molar-refractivity contribution < 1.29 is 8.60 Å². The van der Waals surface area contributed by atoms with E-state index in [1.165, 1.54) is 23.4 Å². The number of nitrogens with zero attached hydrogens (tertiary/aromatic N) is 4. The Balaban J connectivity index is 1.39. The smallest absolute Gasteiger partial charge is 0.227 e. The highest BCUT2D eigenvalue weighted by atomic mass is 32.2. The Labute approximate surface area is 183 Å². The molecule has 1 N–H and O–H groups in total. The van der Waals surface area contributed by atoms with Crippen LogP contribution >= 0.6 is 0 Å². The fraction of sp³-hybridized carbons (Fsp3) is 0.304. The zero-order valence-corrected chi connectivity index (χ0v) is 18.2. The largest absolute Gasteiger partial charge is 0.368 e. The summed E-state index contributed by atoms with van der Waals surface area (Å²) in [5.41, 5.74) is 3.89. The molecule has 3 aromatic rings. The summed E-state index contributed by atoms with van der Waals surface area (Å²) < 4.78 is 26.2. The lowest BCUT2D eigenvalue weighted by atomic mass is 10.2.